The number of hydrogen-bond acceptors (Lipinski definition) is 0. The molecule has 0 saturated heterocycles. The number of rotatable bonds is 4. The van der Waals surface area contributed by atoms with E-state index in [1.807, 2.05) is 0 Å². The van der Waals surface area contributed by atoms with Gasteiger partial charge in [0.25, 0.3) is 0 Å². The lowest BCUT2D eigenvalue weighted by Crippen LogP contribution is -2.36. The van der Waals surface area contributed by atoms with E-state index in [-0.39, 0.29) is 0 Å². The van der Waals surface area contributed by atoms with Crippen molar-refractivity contribution in [2.75, 3.05) is 0 Å². The average molecular weight is 445 g/mol. The summed E-state index contributed by atoms with van der Waals surface area (Å²) >= 11 is 0. The van der Waals surface area contributed by atoms with Crippen molar-refractivity contribution in [2.45, 2.75) is 151 Å². The third-order valence-electron chi connectivity index (χ3n) is 11.1. The van der Waals surface area contributed by atoms with Crippen LogP contribution in [0.15, 0.2) is 0 Å². The molecule has 188 valence electrons. The van der Waals surface area contributed by atoms with Crippen LogP contribution in [0.5, 0.6) is 0 Å². The van der Waals surface area contributed by atoms with E-state index in [2.05, 4.69) is 41.5 Å². The fraction of sp³-hybridized carbons (Fsp3) is 1.00. The van der Waals surface area contributed by atoms with E-state index in [0.29, 0.717) is 5.41 Å². The Kier molecular flexibility index (Phi) is 10.5. The highest BCUT2D eigenvalue weighted by Crippen LogP contribution is 2.49. The first kappa shape index (κ1) is 26.6. The van der Waals surface area contributed by atoms with Crippen molar-refractivity contribution in [1.29, 1.82) is 0 Å². The first-order valence-electron chi connectivity index (χ1n) is 15.2. The maximum atomic E-state index is 2.58. The zero-order valence-electron chi connectivity index (χ0n) is 23.1. The smallest absolute Gasteiger partial charge is 0.0298 e. The molecule has 0 spiro atoms. The topological polar surface area (TPSA) is 0 Å². The Bertz CT molecular complexity index is 442. The molecule has 4 saturated carbocycles. The Morgan fingerprint density at radius 3 is 0.938 bits per heavy atom. The lowest BCUT2D eigenvalue weighted by Gasteiger charge is -2.46. The van der Waals surface area contributed by atoms with Crippen molar-refractivity contribution in [3.63, 3.8) is 0 Å². The fourth-order valence-corrected chi connectivity index (χ4v) is 7.94. The summed E-state index contributed by atoms with van der Waals surface area (Å²) < 4.78 is 0. The Labute approximate surface area is 203 Å². The van der Waals surface area contributed by atoms with Gasteiger partial charge in [0.15, 0.2) is 0 Å². The minimum Gasteiger partial charge on any atom is -0.0625 e. The van der Waals surface area contributed by atoms with Crippen molar-refractivity contribution in [2.24, 2.45) is 52.8 Å². The molecule has 0 aromatic carbocycles. The highest BCUT2D eigenvalue weighted by atomic mass is 14.4. The van der Waals surface area contributed by atoms with E-state index in [9.17, 15) is 0 Å². The summed E-state index contributed by atoms with van der Waals surface area (Å²) in [5.41, 5.74) is 0.611. The SMILES string of the molecule is CC1CCC(C(C)(C)C2CCC(C)CC2)CC1.CC1CCC(CC2CCC(C)CC2)CC1. The third-order valence-corrected chi connectivity index (χ3v) is 11.1. The van der Waals surface area contributed by atoms with Crippen LogP contribution >= 0.6 is 0 Å². The highest BCUT2D eigenvalue weighted by molar-refractivity contribution is 4.89. The van der Waals surface area contributed by atoms with E-state index in [4.69, 9.17) is 0 Å². The normalized spacial score (nSPS) is 41.4. The molecule has 0 radical (unpaired) electrons. The van der Waals surface area contributed by atoms with E-state index >= 15 is 0 Å². The van der Waals surface area contributed by atoms with Gasteiger partial charge in [0.1, 0.15) is 0 Å². The Morgan fingerprint density at radius 1 is 0.406 bits per heavy atom. The molecule has 0 aromatic rings. The fourth-order valence-electron chi connectivity index (χ4n) is 7.94. The van der Waals surface area contributed by atoms with E-state index in [1.54, 1.807) is 6.42 Å². The predicted octanol–water partition coefficient (Wildman–Crippen LogP) is 10.7. The number of hydrogen-bond donors (Lipinski definition) is 0. The second kappa shape index (κ2) is 12.6. The van der Waals surface area contributed by atoms with E-state index in [0.717, 1.165) is 47.3 Å². The van der Waals surface area contributed by atoms with Gasteiger partial charge >= 0.3 is 0 Å². The first-order chi connectivity index (χ1) is 15.2. The van der Waals surface area contributed by atoms with Crippen molar-refractivity contribution in [3.8, 4) is 0 Å². The van der Waals surface area contributed by atoms with Gasteiger partial charge in [0.05, 0.1) is 0 Å². The van der Waals surface area contributed by atoms with Gasteiger partial charge in [-0.3, -0.25) is 0 Å². The molecule has 0 aliphatic heterocycles. The van der Waals surface area contributed by atoms with Crippen LogP contribution in [0, 0.1) is 52.8 Å². The van der Waals surface area contributed by atoms with Gasteiger partial charge in [0.2, 0.25) is 0 Å². The Balaban J connectivity index is 0.000000182. The average Bonchev–Trinajstić information content (AvgIpc) is 2.78. The molecular formula is C32H60. The highest BCUT2D eigenvalue weighted by Gasteiger charge is 2.39. The molecule has 0 nitrogen and oxygen atoms in total. The molecule has 0 bridgehead atoms. The summed E-state index contributed by atoms with van der Waals surface area (Å²) in [5.74, 6) is 8.25. The van der Waals surface area contributed by atoms with Crippen molar-refractivity contribution in [1.82, 2.24) is 0 Å². The molecule has 0 amide bonds. The lowest BCUT2D eigenvalue weighted by atomic mass is 9.59. The molecule has 4 fully saturated rings. The van der Waals surface area contributed by atoms with Gasteiger partial charge in [-0.2, -0.15) is 0 Å². The monoisotopic (exact) mass is 444 g/mol. The maximum Gasteiger partial charge on any atom is -0.0298 e. The van der Waals surface area contributed by atoms with E-state index < -0.39 is 0 Å². The van der Waals surface area contributed by atoms with E-state index in [1.165, 1.54) is 103 Å². The quantitative estimate of drug-likeness (QED) is 0.404. The van der Waals surface area contributed by atoms with Gasteiger partial charge in [-0.25, -0.2) is 0 Å². The van der Waals surface area contributed by atoms with Crippen LogP contribution in [0.2, 0.25) is 0 Å². The van der Waals surface area contributed by atoms with Crippen molar-refractivity contribution in [3.05, 3.63) is 0 Å². The van der Waals surface area contributed by atoms with Gasteiger partial charge in [0, 0.05) is 0 Å². The Hall–Kier alpha value is 0. The van der Waals surface area contributed by atoms with Crippen LogP contribution in [0.3, 0.4) is 0 Å². The van der Waals surface area contributed by atoms with Crippen LogP contribution in [-0.4, -0.2) is 0 Å². The Morgan fingerprint density at radius 2 is 0.656 bits per heavy atom. The standard InChI is InChI=1S/C17H32.C15H28/c1-13-5-9-15(10-6-13)17(3,4)16-11-7-14(2)8-12-16;1-12-3-7-14(8-4-12)11-15-9-5-13(2)6-10-15/h13-16H,5-12H2,1-4H3;12-15H,3-11H2,1-2H3. The minimum atomic E-state index is 0.611. The lowest BCUT2D eigenvalue weighted by molar-refractivity contribution is 0.0421. The van der Waals surface area contributed by atoms with Gasteiger partial charge < -0.3 is 0 Å². The molecule has 0 aromatic heterocycles. The first-order valence-corrected chi connectivity index (χ1v) is 15.2. The van der Waals surface area contributed by atoms with Crippen LogP contribution in [0.25, 0.3) is 0 Å². The minimum absolute atomic E-state index is 0.611. The summed E-state index contributed by atoms with van der Waals surface area (Å²) in [4.78, 5) is 0. The summed E-state index contributed by atoms with van der Waals surface area (Å²) in [7, 11) is 0. The molecule has 32 heavy (non-hydrogen) atoms. The van der Waals surface area contributed by atoms with Crippen LogP contribution in [0.1, 0.15) is 151 Å². The largest absolute Gasteiger partial charge is 0.0625 e. The van der Waals surface area contributed by atoms with Gasteiger partial charge in [-0.15, -0.1) is 0 Å². The molecule has 0 unspecified atom stereocenters. The van der Waals surface area contributed by atoms with Gasteiger partial charge in [-0.1, -0.05) is 119 Å². The molecule has 4 aliphatic carbocycles. The summed E-state index contributed by atoms with van der Waals surface area (Å²) in [6.45, 7) is 14.9. The van der Waals surface area contributed by atoms with Crippen LogP contribution in [0.4, 0.5) is 0 Å². The zero-order valence-corrected chi connectivity index (χ0v) is 23.1. The molecule has 0 atom stereocenters. The predicted molar refractivity (Wildman–Crippen MR) is 143 cm³/mol. The zero-order chi connectivity index (χ0) is 23.1. The molecular weight excluding hydrogens is 384 g/mol. The summed E-state index contributed by atoms with van der Waals surface area (Å²) in [5, 5.41) is 0. The molecule has 0 heteroatoms. The summed E-state index contributed by atoms with van der Waals surface area (Å²) in [6, 6.07) is 0. The molecule has 0 heterocycles. The van der Waals surface area contributed by atoms with Crippen molar-refractivity contribution < 1.29 is 0 Å². The summed E-state index contributed by atoms with van der Waals surface area (Å²) in [6.07, 6.45) is 25.7. The maximum absolute atomic E-state index is 2.58. The second-order valence-corrected chi connectivity index (χ2v) is 14.2. The third kappa shape index (κ3) is 8.05. The van der Waals surface area contributed by atoms with Gasteiger partial charge in [-0.05, 0) is 84.9 Å². The molecule has 4 aliphatic rings. The second-order valence-electron chi connectivity index (χ2n) is 14.2. The molecule has 0 N–H and O–H groups in total. The van der Waals surface area contributed by atoms with Crippen LogP contribution < -0.4 is 0 Å². The molecule has 4 rings (SSSR count). The van der Waals surface area contributed by atoms with Crippen LogP contribution in [-0.2, 0) is 0 Å². The van der Waals surface area contributed by atoms with Crippen molar-refractivity contribution >= 4 is 0 Å².